The SMILES string of the molecule is C[C@H]1CCCC[C@@]12NC(=O)N(CN(C)Cc1ccc(Cl)s1)C2=O. The van der Waals surface area contributed by atoms with Crippen molar-refractivity contribution >= 4 is 34.9 Å². The minimum absolute atomic E-state index is 0.0641. The van der Waals surface area contributed by atoms with Crippen LogP contribution in [0.2, 0.25) is 4.34 Å². The van der Waals surface area contributed by atoms with Crippen LogP contribution in [0.25, 0.3) is 0 Å². The van der Waals surface area contributed by atoms with Gasteiger partial charge in [-0.2, -0.15) is 0 Å². The van der Waals surface area contributed by atoms with E-state index in [-0.39, 0.29) is 17.9 Å². The van der Waals surface area contributed by atoms with Crippen molar-refractivity contribution < 1.29 is 9.59 Å². The highest BCUT2D eigenvalue weighted by atomic mass is 35.5. The fraction of sp³-hybridized carbons (Fsp3) is 0.625. The maximum atomic E-state index is 12.9. The molecule has 1 spiro atoms. The van der Waals surface area contributed by atoms with E-state index in [9.17, 15) is 9.59 Å². The van der Waals surface area contributed by atoms with Crippen LogP contribution in [0, 0.1) is 5.92 Å². The van der Waals surface area contributed by atoms with E-state index in [2.05, 4.69) is 12.2 Å². The first-order valence-electron chi connectivity index (χ1n) is 7.99. The van der Waals surface area contributed by atoms with Gasteiger partial charge < -0.3 is 5.32 Å². The summed E-state index contributed by atoms with van der Waals surface area (Å²) in [6, 6.07) is 3.57. The Morgan fingerprint density at radius 2 is 2.22 bits per heavy atom. The molecule has 3 rings (SSSR count). The summed E-state index contributed by atoms with van der Waals surface area (Å²) in [6.45, 7) is 3.03. The minimum Gasteiger partial charge on any atom is -0.323 e. The highest BCUT2D eigenvalue weighted by Gasteiger charge is 2.54. The molecule has 2 aliphatic rings. The number of nitrogens with zero attached hydrogens (tertiary/aromatic N) is 2. The second-order valence-electron chi connectivity index (χ2n) is 6.64. The molecular formula is C16H22ClN3O2S. The molecule has 5 nitrogen and oxygen atoms in total. The summed E-state index contributed by atoms with van der Waals surface area (Å²) in [7, 11) is 1.91. The fourth-order valence-electron chi connectivity index (χ4n) is 3.62. The predicted octanol–water partition coefficient (Wildman–Crippen LogP) is 3.29. The van der Waals surface area contributed by atoms with Crippen molar-refractivity contribution in [3.05, 3.63) is 21.3 Å². The van der Waals surface area contributed by atoms with Gasteiger partial charge in [0, 0.05) is 11.4 Å². The van der Waals surface area contributed by atoms with Crippen molar-refractivity contribution in [3.63, 3.8) is 0 Å². The molecule has 126 valence electrons. The molecular weight excluding hydrogens is 334 g/mol. The molecule has 7 heteroatoms. The zero-order chi connectivity index (χ0) is 16.6. The van der Waals surface area contributed by atoms with Crippen LogP contribution in [-0.2, 0) is 11.3 Å². The number of amides is 3. The Morgan fingerprint density at radius 3 is 2.87 bits per heavy atom. The number of hydrogen-bond acceptors (Lipinski definition) is 4. The summed E-state index contributed by atoms with van der Waals surface area (Å²) >= 11 is 7.46. The second-order valence-corrected chi connectivity index (χ2v) is 8.44. The molecule has 0 aromatic carbocycles. The van der Waals surface area contributed by atoms with Crippen LogP contribution in [0.5, 0.6) is 0 Å². The van der Waals surface area contributed by atoms with Crippen LogP contribution < -0.4 is 5.32 Å². The molecule has 1 aromatic rings. The van der Waals surface area contributed by atoms with E-state index in [1.807, 2.05) is 24.1 Å². The number of nitrogens with one attached hydrogen (secondary N) is 1. The molecule has 1 saturated heterocycles. The lowest BCUT2D eigenvalue weighted by Crippen LogP contribution is -2.54. The fourth-order valence-corrected chi connectivity index (χ4v) is 4.79. The Labute approximate surface area is 145 Å². The number of rotatable bonds is 4. The van der Waals surface area contributed by atoms with Crippen LogP contribution in [0.15, 0.2) is 12.1 Å². The maximum Gasteiger partial charge on any atom is 0.326 e. The van der Waals surface area contributed by atoms with Crippen LogP contribution in [-0.4, -0.2) is 41.0 Å². The summed E-state index contributed by atoms with van der Waals surface area (Å²) in [5.74, 6) is 0.130. The van der Waals surface area contributed by atoms with Crippen LogP contribution in [0.1, 0.15) is 37.5 Å². The molecule has 1 aromatic heterocycles. The lowest BCUT2D eigenvalue weighted by Gasteiger charge is -2.37. The van der Waals surface area contributed by atoms with Crippen molar-refractivity contribution in [2.45, 2.75) is 44.7 Å². The van der Waals surface area contributed by atoms with Crippen molar-refractivity contribution in [2.24, 2.45) is 5.92 Å². The smallest absolute Gasteiger partial charge is 0.323 e. The topological polar surface area (TPSA) is 52.7 Å². The Bertz CT molecular complexity index is 620. The molecule has 0 radical (unpaired) electrons. The second kappa shape index (κ2) is 6.42. The molecule has 3 amide bonds. The number of halogens is 1. The van der Waals surface area contributed by atoms with E-state index in [1.165, 1.54) is 16.2 Å². The van der Waals surface area contributed by atoms with Gasteiger partial charge in [0.15, 0.2) is 0 Å². The van der Waals surface area contributed by atoms with E-state index >= 15 is 0 Å². The highest BCUT2D eigenvalue weighted by molar-refractivity contribution is 7.16. The van der Waals surface area contributed by atoms with Crippen LogP contribution in [0.4, 0.5) is 4.79 Å². The molecule has 1 aliphatic heterocycles. The van der Waals surface area contributed by atoms with Gasteiger partial charge in [0.05, 0.1) is 11.0 Å². The maximum absolute atomic E-state index is 12.9. The average Bonchev–Trinajstić information content (AvgIpc) is 3.00. The third-order valence-corrected chi connectivity index (χ3v) is 6.15. The number of urea groups is 1. The minimum atomic E-state index is -0.678. The van der Waals surface area contributed by atoms with E-state index in [0.29, 0.717) is 13.2 Å². The van der Waals surface area contributed by atoms with Crippen LogP contribution >= 0.6 is 22.9 Å². The van der Waals surface area contributed by atoms with Crippen molar-refractivity contribution in [1.29, 1.82) is 0 Å². The standard InChI is InChI=1S/C16H22ClN3O2S/c1-11-5-3-4-8-16(11)14(21)20(15(22)18-16)10-19(2)9-12-6-7-13(17)23-12/h6-7,11H,3-5,8-10H2,1-2H3,(H,18,22)/t11-,16+/m0/s1. The summed E-state index contributed by atoms with van der Waals surface area (Å²) in [6.07, 6.45) is 3.86. The largest absolute Gasteiger partial charge is 0.326 e. The summed E-state index contributed by atoms with van der Waals surface area (Å²) in [5.41, 5.74) is -0.678. The summed E-state index contributed by atoms with van der Waals surface area (Å²) < 4.78 is 0.748. The van der Waals surface area contributed by atoms with Gasteiger partial charge in [-0.3, -0.25) is 9.69 Å². The highest BCUT2D eigenvalue weighted by Crippen LogP contribution is 2.38. The lowest BCUT2D eigenvalue weighted by molar-refractivity contribution is -0.135. The van der Waals surface area contributed by atoms with Gasteiger partial charge in [-0.1, -0.05) is 31.4 Å². The molecule has 1 saturated carbocycles. The molecule has 23 heavy (non-hydrogen) atoms. The van der Waals surface area contributed by atoms with E-state index in [0.717, 1.165) is 34.9 Å². The summed E-state index contributed by atoms with van der Waals surface area (Å²) in [4.78, 5) is 29.7. The zero-order valence-electron chi connectivity index (χ0n) is 13.5. The first-order valence-corrected chi connectivity index (χ1v) is 9.19. The number of hydrogen-bond donors (Lipinski definition) is 1. The number of carbonyl (C=O) groups is 2. The first-order chi connectivity index (χ1) is 10.9. The zero-order valence-corrected chi connectivity index (χ0v) is 15.0. The molecule has 2 fully saturated rings. The number of imide groups is 1. The molecule has 0 bridgehead atoms. The number of carbonyl (C=O) groups excluding carboxylic acids is 2. The van der Waals surface area contributed by atoms with E-state index in [1.54, 1.807) is 0 Å². The van der Waals surface area contributed by atoms with Crippen molar-refractivity contribution in [3.8, 4) is 0 Å². The van der Waals surface area contributed by atoms with Gasteiger partial charge in [0.2, 0.25) is 0 Å². The van der Waals surface area contributed by atoms with Gasteiger partial charge in [-0.25, -0.2) is 9.69 Å². The number of thiophene rings is 1. The normalized spacial score (nSPS) is 28.0. The average molecular weight is 356 g/mol. The Morgan fingerprint density at radius 1 is 1.43 bits per heavy atom. The Hall–Kier alpha value is -1.11. The summed E-state index contributed by atoms with van der Waals surface area (Å²) in [5, 5.41) is 2.98. The van der Waals surface area contributed by atoms with Crippen molar-refractivity contribution in [2.75, 3.05) is 13.7 Å². The van der Waals surface area contributed by atoms with Crippen molar-refractivity contribution in [1.82, 2.24) is 15.1 Å². The van der Waals surface area contributed by atoms with E-state index < -0.39 is 5.54 Å². The van der Waals surface area contributed by atoms with Gasteiger partial charge >= 0.3 is 6.03 Å². The molecule has 2 heterocycles. The lowest BCUT2D eigenvalue weighted by atomic mass is 9.73. The Balaban J connectivity index is 1.68. The van der Waals surface area contributed by atoms with E-state index in [4.69, 9.17) is 11.6 Å². The third kappa shape index (κ3) is 3.12. The molecule has 1 aliphatic carbocycles. The van der Waals surface area contributed by atoms with Gasteiger partial charge in [-0.15, -0.1) is 11.3 Å². The quantitative estimate of drug-likeness (QED) is 0.843. The Kier molecular flexibility index (Phi) is 4.67. The monoisotopic (exact) mass is 355 g/mol. The van der Waals surface area contributed by atoms with Gasteiger partial charge in [-0.05, 0) is 37.9 Å². The van der Waals surface area contributed by atoms with Gasteiger partial charge in [0.25, 0.3) is 5.91 Å². The first kappa shape index (κ1) is 16.7. The molecule has 0 unspecified atom stereocenters. The van der Waals surface area contributed by atoms with Crippen LogP contribution in [0.3, 0.4) is 0 Å². The molecule has 2 atom stereocenters. The third-order valence-electron chi connectivity index (χ3n) is 4.94. The predicted molar refractivity (Wildman–Crippen MR) is 91.4 cm³/mol. The molecule has 1 N–H and O–H groups in total. The van der Waals surface area contributed by atoms with Gasteiger partial charge in [0.1, 0.15) is 5.54 Å².